The summed E-state index contributed by atoms with van der Waals surface area (Å²) < 4.78 is 3.26. The normalized spacial score (nSPS) is 14.7. The summed E-state index contributed by atoms with van der Waals surface area (Å²) >= 11 is 3.56. The Morgan fingerprint density at radius 3 is 2.89 bits per heavy atom. The quantitative estimate of drug-likeness (QED) is 0.778. The van der Waals surface area contributed by atoms with E-state index >= 15 is 0 Å². The summed E-state index contributed by atoms with van der Waals surface area (Å²) in [5.41, 5.74) is 4.42. The van der Waals surface area contributed by atoms with Crippen molar-refractivity contribution in [3.05, 3.63) is 51.8 Å². The van der Waals surface area contributed by atoms with Gasteiger partial charge in [0.1, 0.15) is 0 Å². The molecule has 0 N–H and O–H groups in total. The Morgan fingerprint density at radius 2 is 2.06 bits per heavy atom. The number of carbonyl (C=O) groups is 1. The molecule has 0 fully saturated rings. The number of nitrogens with zero attached hydrogens (tertiary/aromatic N) is 1. The van der Waals surface area contributed by atoms with Crippen molar-refractivity contribution < 1.29 is 4.79 Å². The van der Waals surface area contributed by atoms with Crippen LogP contribution in [0.2, 0.25) is 0 Å². The lowest BCUT2D eigenvalue weighted by Crippen LogP contribution is -2.12. The lowest BCUT2D eigenvalue weighted by Gasteiger charge is -2.17. The van der Waals surface area contributed by atoms with Gasteiger partial charge in [0.15, 0.2) is 5.78 Å². The van der Waals surface area contributed by atoms with Gasteiger partial charge in [-0.2, -0.15) is 0 Å². The SMILES string of the molecule is Cc1c(Br)cccc1-n1ccc2c1CCCC2=O. The molecule has 1 aromatic heterocycles. The molecule has 0 saturated carbocycles. The molecule has 1 aliphatic carbocycles. The van der Waals surface area contributed by atoms with Crippen molar-refractivity contribution in [2.24, 2.45) is 0 Å². The van der Waals surface area contributed by atoms with Gasteiger partial charge in [0.05, 0.1) is 0 Å². The van der Waals surface area contributed by atoms with Crippen LogP contribution in [0.3, 0.4) is 0 Å². The van der Waals surface area contributed by atoms with Crippen LogP contribution in [0.4, 0.5) is 0 Å². The maximum atomic E-state index is 11.9. The molecule has 1 aromatic carbocycles. The number of fused-ring (bicyclic) bond motifs is 1. The van der Waals surface area contributed by atoms with Crippen LogP contribution < -0.4 is 0 Å². The van der Waals surface area contributed by atoms with Gasteiger partial charge in [-0.15, -0.1) is 0 Å². The van der Waals surface area contributed by atoms with Crippen molar-refractivity contribution in [3.63, 3.8) is 0 Å². The van der Waals surface area contributed by atoms with Crippen molar-refractivity contribution in [2.75, 3.05) is 0 Å². The smallest absolute Gasteiger partial charge is 0.164 e. The van der Waals surface area contributed by atoms with Crippen molar-refractivity contribution in [3.8, 4) is 5.69 Å². The Morgan fingerprint density at radius 1 is 1.22 bits per heavy atom. The molecule has 2 aromatic rings. The molecule has 1 aliphatic rings. The van der Waals surface area contributed by atoms with Gasteiger partial charge >= 0.3 is 0 Å². The highest BCUT2D eigenvalue weighted by atomic mass is 79.9. The van der Waals surface area contributed by atoms with E-state index in [1.54, 1.807) is 0 Å². The van der Waals surface area contributed by atoms with Crippen LogP contribution in [-0.4, -0.2) is 10.4 Å². The molecule has 0 amide bonds. The summed E-state index contributed by atoms with van der Waals surface area (Å²) in [6.07, 6.45) is 4.65. The molecule has 0 aliphatic heterocycles. The molecule has 3 heteroatoms. The van der Waals surface area contributed by atoms with E-state index < -0.39 is 0 Å². The number of halogens is 1. The van der Waals surface area contributed by atoms with Gasteiger partial charge in [0.25, 0.3) is 0 Å². The zero-order valence-electron chi connectivity index (χ0n) is 10.2. The largest absolute Gasteiger partial charge is 0.320 e. The van der Waals surface area contributed by atoms with Crippen molar-refractivity contribution in [2.45, 2.75) is 26.2 Å². The molecular weight excluding hydrogens is 290 g/mol. The van der Waals surface area contributed by atoms with Crippen molar-refractivity contribution in [1.29, 1.82) is 0 Å². The van der Waals surface area contributed by atoms with Gasteiger partial charge < -0.3 is 4.57 Å². The monoisotopic (exact) mass is 303 g/mol. The number of aromatic nitrogens is 1. The lowest BCUT2D eigenvalue weighted by molar-refractivity contribution is 0.0972. The molecule has 1 heterocycles. The summed E-state index contributed by atoms with van der Waals surface area (Å²) in [4.78, 5) is 11.9. The van der Waals surface area contributed by atoms with Crippen LogP contribution in [0.15, 0.2) is 34.9 Å². The van der Waals surface area contributed by atoms with Gasteiger partial charge in [-0.05, 0) is 43.5 Å². The predicted molar refractivity (Wildman–Crippen MR) is 75.5 cm³/mol. The van der Waals surface area contributed by atoms with E-state index in [-0.39, 0.29) is 5.78 Å². The second kappa shape index (κ2) is 4.39. The van der Waals surface area contributed by atoms with Gasteiger partial charge in [-0.25, -0.2) is 0 Å². The molecule has 2 nitrogen and oxygen atoms in total. The second-order valence-corrected chi connectivity index (χ2v) is 5.56. The summed E-state index contributed by atoms with van der Waals surface area (Å²) in [6.45, 7) is 2.09. The van der Waals surface area contributed by atoms with Gasteiger partial charge in [0.2, 0.25) is 0 Å². The zero-order chi connectivity index (χ0) is 12.7. The maximum Gasteiger partial charge on any atom is 0.164 e. The zero-order valence-corrected chi connectivity index (χ0v) is 11.8. The van der Waals surface area contributed by atoms with Crippen LogP contribution in [-0.2, 0) is 6.42 Å². The first-order valence-corrected chi connectivity index (χ1v) is 6.96. The average molecular weight is 304 g/mol. The molecule has 0 unspecified atom stereocenters. The van der Waals surface area contributed by atoms with E-state index in [0.717, 1.165) is 34.3 Å². The first-order chi connectivity index (χ1) is 8.68. The third-order valence-electron chi connectivity index (χ3n) is 3.61. The lowest BCUT2D eigenvalue weighted by atomic mass is 9.96. The molecule has 18 heavy (non-hydrogen) atoms. The molecule has 3 rings (SSSR count). The van der Waals surface area contributed by atoms with Crippen molar-refractivity contribution in [1.82, 2.24) is 4.57 Å². The summed E-state index contributed by atoms with van der Waals surface area (Å²) in [6, 6.07) is 8.13. The van der Waals surface area contributed by atoms with Gasteiger partial charge in [0, 0.05) is 34.0 Å². The minimum Gasteiger partial charge on any atom is -0.320 e. The predicted octanol–water partition coefficient (Wildman–Crippen LogP) is 4.07. The van der Waals surface area contributed by atoms with Crippen LogP contribution in [0.25, 0.3) is 5.69 Å². The maximum absolute atomic E-state index is 11.9. The second-order valence-electron chi connectivity index (χ2n) is 4.71. The molecule has 0 radical (unpaired) electrons. The minimum absolute atomic E-state index is 0.280. The van der Waals surface area contributed by atoms with Crippen LogP contribution in [0, 0.1) is 6.92 Å². The Hall–Kier alpha value is -1.35. The van der Waals surface area contributed by atoms with E-state index in [1.165, 1.54) is 5.56 Å². The Bertz CT molecular complexity index is 627. The highest BCUT2D eigenvalue weighted by Crippen LogP contribution is 2.29. The van der Waals surface area contributed by atoms with Crippen molar-refractivity contribution >= 4 is 21.7 Å². The number of ketones is 1. The number of carbonyl (C=O) groups excluding carboxylic acids is 1. The molecule has 0 bridgehead atoms. The topological polar surface area (TPSA) is 22.0 Å². The summed E-state index contributed by atoms with van der Waals surface area (Å²) in [5, 5.41) is 0. The molecule has 0 atom stereocenters. The van der Waals surface area contributed by atoms with E-state index in [1.807, 2.05) is 24.4 Å². The fourth-order valence-corrected chi connectivity index (χ4v) is 2.96. The van der Waals surface area contributed by atoms with Crippen LogP contribution >= 0.6 is 15.9 Å². The van der Waals surface area contributed by atoms with Crippen LogP contribution in [0.5, 0.6) is 0 Å². The van der Waals surface area contributed by atoms with E-state index in [4.69, 9.17) is 0 Å². The Labute approximate surface area is 115 Å². The summed E-state index contributed by atoms with van der Waals surface area (Å²) in [7, 11) is 0. The molecule has 92 valence electrons. The highest BCUT2D eigenvalue weighted by Gasteiger charge is 2.21. The first kappa shape index (κ1) is 11.7. The Balaban J connectivity index is 2.19. The number of hydrogen-bond acceptors (Lipinski definition) is 1. The van der Waals surface area contributed by atoms with Gasteiger partial charge in [-0.3, -0.25) is 4.79 Å². The van der Waals surface area contributed by atoms with E-state index in [0.29, 0.717) is 6.42 Å². The van der Waals surface area contributed by atoms with Crippen LogP contribution in [0.1, 0.15) is 34.5 Å². The van der Waals surface area contributed by atoms with E-state index in [2.05, 4.69) is 33.5 Å². The number of Topliss-reactive ketones (excluding diaryl/α,β-unsaturated/α-hetero) is 1. The molecule has 0 spiro atoms. The average Bonchev–Trinajstić information content (AvgIpc) is 2.78. The van der Waals surface area contributed by atoms with E-state index in [9.17, 15) is 4.79 Å². The molecular formula is C15H14BrNO. The fraction of sp³-hybridized carbons (Fsp3) is 0.267. The minimum atomic E-state index is 0.280. The Kier molecular flexibility index (Phi) is 2.86. The molecule has 0 saturated heterocycles. The first-order valence-electron chi connectivity index (χ1n) is 6.17. The number of hydrogen-bond donors (Lipinski definition) is 0. The fourth-order valence-electron chi connectivity index (χ4n) is 2.61. The van der Waals surface area contributed by atoms with Gasteiger partial charge in [-0.1, -0.05) is 22.0 Å². The number of rotatable bonds is 1. The number of benzene rings is 1. The highest BCUT2D eigenvalue weighted by molar-refractivity contribution is 9.10. The standard InChI is InChI=1S/C15H14BrNO/c1-10-12(16)4-2-5-13(10)17-9-8-11-14(17)6-3-7-15(11)18/h2,4-5,8-9H,3,6-7H2,1H3. The summed E-state index contributed by atoms with van der Waals surface area (Å²) in [5.74, 6) is 0.280. The third kappa shape index (κ3) is 1.74. The third-order valence-corrected chi connectivity index (χ3v) is 4.47.